The zero-order valence-electron chi connectivity index (χ0n) is 18.8. The molecule has 0 aliphatic carbocycles. The van der Waals surface area contributed by atoms with Crippen LogP contribution in [0.5, 0.6) is 11.5 Å². The number of unbranched alkanes of at least 4 members (excludes halogenated alkanes) is 3. The van der Waals surface area contributed by atoms with Crippen LogP contribution in [0.2, 0.25) is 0 Å². The Morgan fingerprint density at radius 2 is 1.91 bits per heavy atom. The Kier molecular flexibility index (Phi) is 8.25. The number of aromatic nitrogens is 2. The molecule has 7 heteroatoms. The highest BCUT2D eigenvalue weighted by Crippen LogP contribution is 2.29. The molecule has 1 atom stereocenters. The van der Waals surface area contributed by atoms with E-state index in [1.165, 1.54) is 25.0 Å². The van der Waals surface area contributed by atoms with Gasteiger partial charge >= 0.3 is 0 Å². The van der Waals surface area contributed by atoms with Gasteiger partial charge in [0.2, 0.25) is 0 Å². The van der Waals surface area contributed by atoms with Crippen LogP contribution < -0.4 is 14.8 Å². The molecule has 0 aliphatic heterocycles. The first kappa shape index (κ1) is 23.3. The van der Waals surface area contributed by atoms with Crippen molar-refractivity contribution in [3.05, 3.63) is 77.6 Å². The molecule has 170 valence electrons. The summed E-state index contributed by atoms with van der Waals surface area (Å²) < 4.78 is 26.5. The molecule has 1 heterocycles. The molecule has 0 saturated carbocycles. The standard InChI is InChI=1S/C25H30FN3O3/c1-4-5-6-7-16-32-21-13-10-19(17-22(21)31-3)25(30)28-23(24-27-14-15-29(24)2)18-8-11-20(26)12-9-18/h8-15,17,23H,4-7,16H2,1-3H3,(H,28,30). The van der Waals surface area contributed by atoms with Crippen molar-refractivity contribution >= 4 is 5.91 Å². The molecule has 3 aromatic rings. The predicted molar refractivity (Wildman–Crippen MR) is 122 cm³/mol. The van der Waals surface area contributed by atoms with Gasteiger partial charge in [-0.2, -0.15) is 0 Å². The fourth-order valence-electron chi connectivity index (χ4n) is 3.46. The molecule has 1 aromatic heterocycles. The van der Waals surface area contributed by atoms with E-state index in [1.54, 1.807) is 49.8 Å². The van der Waals surface area contributed by atoms with Crippen LogP contribution in [0.15, 0.2) is 54.9 Å². The lowest BCUT2D eigenvalue weighted by atomic mass is 10.0. The van der Waals surface area contributed by atoms with E-state index in [0.29, 0.717) is 29.5 Å². The quantitative estimate of drug-likeness (QED) is 0.425. The van der Waals surface area contributed by atoms with Gasteiger partial charge in [-0.1, -0.05) is 38.3 Å². The van der Waals surface area contributed by atoms with Gasteiger partial charge in [-0.3, -0.25) is 4.79 Å². The molecular formula is C25H30FN3O3. The first-order valence-corrected chi connectivity index (χ1v) is 10.9. The van der Waals surface area contributed by atoms with Crippen LogP contribution in [0.3, 0.4) is 0 Å². The van der Waals surface area contributed by atoms with Crippen molar-refractivity contribution in [2.45, 2.75) is 38.6 Å². The summed E-state index contributed by atoms with van der Waals surface area (Å²) in [5.74, 6) is 1.12. The van der Waals surface area contributed by atoms with Gasteiger partial charge in [-0.25, -0.2) is 9.37 Å². The number of rotatable bonds is 11. The average Bonchev–Trinajstić information content (AvgIpc) is 3.23. The molecule has 6 nitrogen and oxygen atoms in total. The minimum atomic E-state index is -0.538. The Hall–Kier alpha value is -3.35. The van der Waals surface area contributed by atoms with Crippen molar-refractivity contribution < 1.29 is 18.7 Å². The number of benzene rings is 2. The molecule has 3 rings (SSSR count). The monoisotopic (exact) mass is 439 g/mol. The second-order valence-electron chi connectivity index (χ2n) is 7.63. The Labute approximate surface area is 188 Å². The summed E-state index contributed by atoms with van der Waals surface area (Å²) >= 11 is 0. The van der Waals surface area contributed by atoms with Crippen molar-refractivity contribution in [2.24, 2.45) is 7.05 Å². The molecule has 0 radical (unpaired) electrons. The van der Waals surface area contributed by atoms with Gasteiger partial charge in [0.15, 0.2) is 11.5 Å². The zero-order valence-corrected chi connectivity index (χ0v) is 18.8. The highest BCUT2D eigenvalue weighted by molar-refractivity contribution is 5.95. The van der Waals surface area contributed by atoms with E-state index in [2.05, 4.69) is 17.2 Å². The van der Waals surface area contributed by atoms with Gasteiger partial charge in [0.1, 0.15) is 17.7 Å². The SMILES string of the molecule is CCCCCCOc1ccc(C(=O)NC(c2ccc(F)cc2)c2nccn2C)cc1OC. The molecule has 32 heavy (non-hydrogen) atoms. The van der Waals surface area contributed by atoms with E-state index in [4.69, 9.17) is 9.47 Å². The second-order valence-corrected chi connectivity index (χ2v) is 7.63. The fraction of sp³-hybridized carbons (Fsp3) is 0.360. The number of imidazole rings is 1. The summed E-state index contributed by atoms with van der Waals surface area (Å²) in [7, 11) is 3.40. The lowest BCUT2D eigenvalue weighted by Crippen LogP contribution is -2.31. The van der Waals surface area contributed by atoms with E-state index in [1.807, 2.05) is 11.6 Å². The van der Waals surface area contributed by atoms with Crippen LogP contribution in [0.4, 0.5) is 4.39 Å². The van der Waals surface area contributed by atoms with E-state index < -0.39 is 6.04 Å². The van der Waals surface area contributed by atoms with Crippen molar-refractivity contribution in [1.29, 1.82) is 0 Å². The minimum Gasteiger partial charge on any atom is -0.493 e. The summed E-state index contributed by atoms with van der Waals surface area (Å²) in [5, 5.41) is 3.01. The Bertz CT molecular complexity index is 1020. The number of carbonyl (C=O) groups is 1. The summed E-state index contributed by atoms with van der Waals surface area (Å²) in [6.07, 6.45) is 7.91. The second kappa shape index (κ2) is 11.3. The van der Waals surface area contributed by atoms with Gasteiger partial charge in [-0.05, 0) is 42.3 Å². The highest BCUT2D eigenvalue weighted by atomic mass is 19.1. The number of hydrogen-bond donors (Lipinski definition) is 1. The Balaban J connectivity index is 1.77. The summed E-state index contributed by atoms with van der Waals surface area (Å²) in [6.45, 7) is 2.77. The molecular weight excluding hydrogens is 409 g/mol. The number of amides is 1. The number of halogens is 1. The zero-order chi connectivity index (χ0) is 22.9. The van der Waals surface area contributed by atoms with Crippen LogP contribution in [0.1, 0.15) is 60.4 Å². The van der Waals surface area contributed by atoms with E-state index in [9.17, 15) is 9.18 Å². The molecule has 0 fully saturated rings. The van der Waals surface area contributed by atoms with E-state index >= 15 is 0 Å². The van der Waals surface area contributed by atoms with Crippen molar-refractivity contribution in [1.82, 2.24) is 14.9 Å². The molecule has 1 N–H and O–H groups in total. The third-order valence-corrected chi connectivity index (χ3v) is 5.28. The van der Waals surface area contributed by atoms with Crippen LogP contribution in [-0.4, -0.2) is 29.2 Å². The number of nitrogens with zero attached hydrogens (tertiary/aromatic N) is 2. The lowest BCUT2D eigenvalue weighted by Gasteiger charge is -2.20. The number of carbonyl (C=O) groups excluding carboxylic acids is 1. The molecule has 0 aliphatic rings. The predicted octanol–water partition coefficient (Wildman–Crippen LogP) is 5.05. The van der Waals surface area contributed by atoms with Crippen LogP contribution in [0.25, 0.3) is 0 Å². The van der Waals surface area contributed by atoms with Crippen LogP contribution in [-0.2, 0) is 7.05 Å². The van der Waals surface area contributed by atoms with Crippen molar-refractivity contribution in [3.8, 4) is 11.5 Å². The third kappa shape index (κ3) is 5.87. The summed E-state index contributed by atoms with van der Waals surface area (Å²) in [4.78, 5) is 17.5. The summed E-state index contributed by atoms with van der Waals surface area (Å²) in [6, 6.07) is 10.6. The molecule has 0 spiro atoms. The number of methoxy groups -OCH3 is 1. The highest BCUT2D eigenvalue weighted by Gasteiger charge is 2.22. The molecule has 1 amide bonds. The number of hydrogen-bond acceptors (Lipinski definition) is 4. The van der Waals surface area contributed by atoms with Crippen molar-refractivity contribution in [3.63, 3.8) is 0 Å². The average molecular weight is 440 g/mol. The first-order chi connectivity index (χ1) is 15.5. The first-order valence-electron chi connectivity index (χ1n) is 10.9. The van der Waals surface area contributed by atoms with Gasteiger partial charge in [-0.15, -0.1) is 0 Å². The van der Waals surface area contributed by atoms with E-state index in [-0.39, 0.29) is 11.7 Å². The number of ether oxygens (including phenoxy) is 2. The number of nitrogens with one attached hydrogen (secondary N) is 1. The summed E-state index contributed by atoms with van der Waals surface area (Å²) in [5.41, 5.74) is 1.16. The van der Waals surface area contributed by atoms with Gasteiger partial charge in [0.05, 0.1) is 13.7 Å². The fourth-order valence-corrected chi connectivity index (χ4v) is 3.46. The maximum Gasteiger partial charge on any atom is 0.252 e. The largest absolute Gasteiger partial charge is 0.493 e. The molecule has 1 unspecified atom stereocenters. The van der Waals surface area contributed by atoms with Crippen LogP contribution in [0, 0.1) is 5.82 Å². The smallest absolute Gasteiger partial charge is 0.252 e. The van der Waals surface area contributed by atoms with Crippen molar-refractivity contribution in [2.75, 3.05) is 13.7 Å². The Morgan fingerprint density at radius 1 is 1.12 bits per heavy atom. The lowest BCUT2D eigenvalue weighted by molar-refractivity contribution is 0.0940. The number of aryl methyl sites for hydroxylation is 1. The Morgan fingerprint density at radius 3 is 2.56 bits per heavy atom. The van der Waals surface area contributed by atoms with Crippen LogP contribution >= 0.6 is 0 Å². The molecule has 0 saturated heterocycles. The van der Waals surface area contributed by atoms with Gasteiger partial charge < -0.3 is 19.4 Å². The topological polar surface area (TPSA) is 65.4 Å². The minimum absolute atomic E-state index is 0.296. The van der Waals surface area contributed by atoms with Gasteiger partial charge in [0, 0.05) is 25.0 Å². The molecule has 2 aromatic carbocycles. The van der Waals surface area contributed by atoms with E-state index in [0.717, 1.165) is 18.4 Å². The molecule has 0 bridgehead atoms. The third-order valence-electron chi connectivity index (χ3n) is 5.28. The maximum atomic E-state index is 13.4. The normalized spacial score (nSPS) is 11.8. The van der Waals surface area contributed by atoms with Gasteiger partial charge in [0.25, 0.3) is 5.91 Å². The maximum absolute atomic E-state index is 13.4.